The molecule has 170 valence electrons. The topological polar surface area (TPSA) is 73.2 Å². The molecule has 0 amide bonds. The molecule has 1 saturated heterocycles. The van der Waals surface area contributed by atoms with Crippen LogP contribution in [0.15, 0.2) is 18.2 Å². The van der Waals surface area contributed by atoms with Crippen LogP contribution in [0, 0.1) is 23.0 Å². The van der Waals surface area contributed by atoms with Crippen LogP contribution in [0.2, 0.25) is 0 Å². The van der Waals surface area contributed by atoms with Gasteiger partial charge in [-0.25, -0.2) is 8.78 Å². The summed E-state index contributed by atoms with van der Waals surface area (Å²) in [7, 11) is 0. The van der Waals surface area contributed by atoms with Crippen molar-refractivity contribution in [2.75, 3.05) is 26.2 Å². The van der Waals surface area contributed by atoms with E-state index in [0.29, 0.717) is 38.3 Å². The minimum absolute atomic E-state index is 0.0934. The molecule has 0 bridgehead atoms. The van der Waals surface area contributed by atoms with Crippen molar-refractivity contribution in [2.24, 2.45) is 11.3 Å². The largest absolute Gasteiger partial charge is 0.487 e. The van der Waals surface area contributed by atoms with E-state index in [0.717, 1.165) is 31.0 Å². The van der Waals surface area contributed by atoms with E-state index in [1.807, 2.05) is 4.90 Å². The van der Waals surface area contributed by atoms with Gasteiger partial charge in [0.25, 0.3) is 0 Å². The first-order chi connectivity index (χ1) is 13.9. The average Bonchev–Trinajstić information content (AvgIpc) is 2.65. The fourth-order valence-corrected chi connectivity index (χ4v) is 4.81. The molecule has 3 rings (SSSR count). The quantitative estimate of drug-likeness (QED) is 0.674. The number of ether oxygens (including phenoxy) is 1. The lowest BCUT2D eigenvalue weighted by Gasteiger charge is -2.47. The lowest BCUT2D eigenvalue weighted by molar-refractivity contribution is -0.151. The van der Waals surface area contributed by atoms with Crippen molar-refractivity contribution >= 4 is 0 Å². The Kier molecular flexibility index (Phi) is 6.77. The zero-order valence-corrected chi connectivity index (χ0v) is 18.2. The molecule has 2 fully saturated rings. The van der Waals surface area contributed by atoms with Gasteiger partial charge in [-0.1, -0.05) is 20.8 Å². The summed E-state index contributed by atoms with van der Waals surface area (Å²) < 4.78 is 32.5. The molecular weight excluding hydrogens is 392 g/mol. The highest BCUT2D eigenvalue weighted by atomic mass is 19.1. The second-order valence-corrected chi connectivity index (χ2v) is 10.3. The molecule has 7 heteroatoms. The number of benzene rings is 1. The van der Waals surface area contributed by atoms with Gasteiger partial charge in [-0.15, -0.1) is 0 Å². The van der Waals surface area contributed by atoms with Crippen molar-refractivity contribution in [2.45, 2.75) is 70.2 Å². The second-order valence-electron chi connectivity index (χ2n) is 10.3. The maximum absolute atomic E-state index is 13.8. The standard InChI is InChI=1S/C23H35F2NO4/c1-21(2,3)16-6-9-22(28,10-7-16)13-26-11-8-20(27)23(29,14-26)15-30-19-12-17(24)4-5-18(19)25/h4-5,12,16,20,27-29H,6-11,13-15H2,1-3H3/t16?,20-,22?,23-/m0/s1. The molecule has 0 spiro atoms. The first-order valence-corrected chi connectivity index (χ1v) is 10.8. The Morgan fingerprint density at radius 3 is 2.43 bits per heavy atom. The molecule has 3 N–H and O–H groups in total. The number of hydrogen-bond acceptors (Lipinski definition) is 5. The summed E-state index contributed by atoms with van der Waals surface area (Å²) in [6.07, 6.45) is 2.60. The molecule has 1 aliphatic heterocycles. The molecule has 5 nitrogen and oxygen atoms in total. The summed E-state index contributed by atoms with van der Waals surface area (Å²) in [5.41, 5.74) is -2.23. The molecule has 30 heavy (non-hydrogen) atoms. The van der Waals surface area contributed by atoms with Crippen molar-refractivity contribution in [1.29, 1.82) is 0 Å². The summed E-state index contributed by atoms with van der Waals surface area (Å²) in [4.78, 5) is 1.94. The second kappa shape index (κ2) is 8.69. The first-order valence-electron chi connectivity index (χ1n) is 10.8. The van der Waals surface area contributed by atoms with Crippen LogP contribution in [-0.2, 0) is 0 Å². The van der Waals surface area contributed by atoms with Crippen molar-refractivity contribution in [3.8, 4) is 5.75 Å². The highest BCUT2D eigenvalue weighted by Crippen LogP contribution is 2.42. The molecule has 2 atom stereocenters. The van der Waals surface area contributed by atoms with Gasteiger partial charge in [0.05, 0.1) is 11.7 Å². The molecule has 1 saturated carbocycles. The zero-order valence-electron chi connectivity index (χ0n) is 18.2. The van der Waals surface area contributed by atoms with E-state index in [2.05, 4.69) is 20.8 Å². The predicted molar refractivity (Wildman–Crippen MR) is 110 cm³/mol. The molecule has 0 aromatic heterocycles. The Morgan fingerprint density at radius 1 is 1.13 bits per heavy atom. The van der Waals surface area contributed by atoms with Crippen LogP contribution in [0.3, 0.4) is 0 Å². The summed E-state index contributed by atoms with van der Waals surface area (Å²) in [6.45, 7) is 7.38. The van der Waals surface area contributed by atoms with Gasteiger partial charge in [0.15, 0.2) is 11.6 Å². The summed E-state index contributed by atoms with van der Waals surface area (Å²) in [6, 6.07) is 2.87. The third-order valence-electron chi connectivity index (χ3n) is 6.87. The smallest absolute Gasteiger partial charge is 0.165 e. The average molecular weight is 428 g/mol. The number of aliphatic hydroxyl groups excluding tert-OH is 1. The Labute approximate surface area is 177 Å². The van der Waals surface area contributed by atoms with E-state index in [1.165, 1.54) is 0 Å². The van der Waals surface area contributed by atoms with E-state index in [9.17, 15) is 24.1 Å². The maximum atomic E-state index is 13.8. The van der Waals surface area contributed by atoms with Crippen LogP contribution in [0.4, 0.5) is 8.78 Å². The van der Waals surface area contributed by atoms with Gasteiger partial charge < -0.3 is 20.1 Å². The van der Waals surface area contributed by atoms with Gasteiger partial charge in [0, 0.05) is 25.7 Å². The molecule has 2 aliphatic rings. The Balaban J connectivity index is 1.60. The van der Waals surface area contributed by atoms with Gasteiger partial charge in [-0.05, 0) is 55.6 Å². The fourth-order valence-electron chi connectivity index (χ4n) is 4.81. The normalized spacial score (nSPS) is 33.5. The Morgan fingerprint density at radius 2 is 1.80 bits per heavy atom. The monoisotopic (exact) mass is 427 g/mol. The fraction of sp³-hybridized carbons (Fsp3) is 0.739. The van der Waals surface area contributed by atoms with E-state index in [1.54, 1.807) is 0 Å². The molecule has 1 aromatic carbocycles. The van der Waals surface area contributed by atoms with E-state index in [4.69, 9.17) is 4.74 Å². The van der Waals surface area contributed by atoms with E-state index in [-0.39, 0.29) is 24.3 Å². The molecule has 0 radical (unpaired) electrons. The number of nitrogens with zero attached hydrogens (tertiary/aromatic N) is 1. The van der Waals surface area contributed by atoms with Crippen molar-refractivity contribution in [3.63, 3.8) is 0 Å². The van der Waals surface area contributed by atoms with Crippen LogP contribution in [0.25, 0.3) is 0 Å². The molecule has 1 aliphatic carbocycles. The molecular formula is C23H35F2NO4. The summed E-state index contributed by atoms with van der Waals surface area (Å²) >= 11 is 0. The van der Waals surface area contributed by atoms with Gasteiger partial charge in [0.2, 0.25) is 0 Å². The van der Waals surface area contributed by atoms with Crippen LogP contribution in [0.5, 0.6) is 5.75 Å². The summed E-state index contributed by atoms with van der Waals surface area (Å²) in [5, 5.41) is 32.4. The SMILES string of the molecule is CC(C)(C)C1CCC(O)(CN2CC[C@H](O)[C@@](O)(COc3cc(F)ccc3F)C2)CC1. The van der Waals surface area contributed by atoms with E-state index >= 15 is 0 Å². The van der Waals surface area contributed by atoms with Crippen molar-refractivity contribution in [1.82, 2.24) is 4.90 Å². The van der Waals surface area contributed by atoms with Crippen LogP contribution in [0.1, 0.15) is 52.9 Å². The Bertz CT molecular complexity index is 730. The molecule has 1 heterocycles. The molecule has 0 unspecified atom stereocenters. The van der Waals surface area contributed by atoms with Gasteiger partial charge in [-0.3, -0.25) is 4.90 Å². The number of likely N-dealkylation sites (tertiary alicyclic amines) is 1. The number of hydrogen-bond donors (Lipinski definition) is 3. The lowest BCUT2D eigenvalue weighted by Crippen LogP contribution is -2.62. The number of piperidine rings is 1. The van der Waals surface area contributed by atoms with Crippen molar-refractivity contribution < 1.29 is 28.8 Å². The Hall–Kier alpha value is -1.28. The van der Waals surface area contributed by atoms with Crippen LogP contribution >= 0.6 is 0 Å². The summed E-state index contributed by atoms with van der Waals surface area (Å²) in [5.74, 6) is -1.09. The van der Waals surface area contributed by atoms with Crippen molar-refractivity contribution in [3.05, 3.63) is 29.8 Å². The minimum atomic E-state index is -1.63. The van der Waals surface area contributed by atoms with Gasteiger partial charge in [0.1, 0.15) is 18.0 Å². The van der Waals surface area contributed by atoms with Crippen LogP contribution in [-0.4, -0.2) is 63.8 Å². The number of halogens is 2. The predicted octanol–water partition coefficient (Wildman–Crippen LogP) is 3.11. The number of aliphatic hydroxyl groups is 3. The lowest BCUT2D eigenvalue weighted by atomic mass is 9.68. The maximum Gasteiger partial charge on any atom is 0.165 e. The minimum Gasteiger partial charge on any atom is -0.487 e. The zero-order chi connectivity index (χ0) is 22.2. The number of rotatable bonds is 5. The highest BCUT2D eigenvalue weighted by molar-refractivity contribution is 5.25. The number of β-amino-alcohol motifs (C(OH)–C–C–N with tert-alkyl or cyclic N) is 2. The first kappa shape index (κ1) is 23.4. The third-order valence-corrected chi connectivity index (χ3v) is 6.87. The van der Waals surface area contributed by atoms with Crippen LogP contribution < -0.4 is 4.74 Å². The van der Waals surface area contributed by atoms with E-state index < -0.39 is 28.9 Å². The highest BCUT2D eigenvalue weighted by Gasteiger charge is 2.45. The molecule has 1 aromatic rings. The third kappa shape index (κ3) is 5.49. The van der Waals surface area contributed by atoms with Gasteiger partial charge >= 0.3 is 0 Å². The van der Waals surface area contributed by atoms with Gasteiger partial charge in [-0.2, -0.15) is 0 Å².